The van der Waals surface area contributed by atoms with Crippen molar-refractivity contribution in [3.63, 3.8) is 0 Å². The van der Waals surface area contributed by atoms with Crippen LogP contribution in [-0.4, -0.2) is 33.0 Å². The number of carbonyl (C=O) groups is 1. The van der Waals surface area contributed by atoms with Gasteiger partial charge in [-0.15, -0.1) is 0 Å². The Morgan fingerprint density at radius 3 is 2.42 bits per heavy atom. The molecule has 1 heterocycles. The number of aryl methyl sites for hydroxylation is 1. The summed E-state index contributed by atoms with van der Waals surface area (Å²) >= 11 is 0. The highest BCUT2D eigenvalue weighted by Crippen LogP contribution is 2.23. The molecule has 0 radical (unpaired) electrons. The number of carbonyl (C=O) groups excluding carboxylic acids is 1. The molecule has 1 fully saturated rings. The summed E-state index contributed by atoms with van der Waals surface area (Å²) in [5, 5.41) is 5.99. The third kappa shape index (κ3) is 4.55. The summed E-state index contributed by atoms with van der Waals surface area (Å²) in [6.45, 7) is 10.7. The van der Waals surface area contributed by atoms with Crippen molar-refractivity contribution in [1.82, 2.24) is 10.0 Å². The highest BCUT2D eigenvalue weighted by Gasteiger charge is 2.29. The van der Waals surface area contributed by atoms with Crippen LogP contribution in [0.1, 0.15) is 33.3 Å². The monoisotopic (exact) mass is 353 g/mol. The Bertz CT molecular complexity index is 719. The van der Waals surface area contributed by atoms with E-state index < -0.39 is 15.6 Å². The second kappa shape index (κ2) is 6.82. The standard InChI is InChI=1S/C17H27N3O3S/c1-11-6-7-14(19-16(21)12(2)13-9-18-10-13)8-15(11)24(22,23)20-17(3,4)5/h6-8,12-13,18,20H,9-10H2,1-5H3,(H,19,21). The molecule has 2 rings (SSSR count). The molecule has 3 N–H and O–H groups in total. The van der Waals surface area contributed by atoms with Crippen molar-refractivity contribution in [1.29, 1.82) is 0 Å². The largest absolute Gasteiger partial charge is 0.326 e. The maximum Gasteiger partial charge on any atom is 0.241 e. The molecule has 1 aliphatic rings. The second-order valence-electron chi connectivity index (χ2n) is 7.53. The molecule has 0 bridgehead atoms. The number of nitrogens with one attached hydrogen (secondary N) is 3. The fraction of sp³-hybridized carbons (Fsp3) is 0.588. The van der Waals surface area contributed by atoms with E-state index in [0.29, 0.717) is 17.2 Å². The number of sulfonamides is 1. The van der Waals surface area contributed by atoms with Crippen LogP contribution in [0, 0.1) is 18.8 Å². The number of hydrogen-bond donors (Lipinski definition) is 3. The average Bonchev–Trinajstić information content (AvgIpc) is 2.35. The first kappa shape index (κ1) is 18.9. The fourth-order valence-electron chi connectivity index (χ4n) is 2.56. The van der Waals surface area contributed by atoms with Gasteiger partial charge in [0.1, 0.15) is 0 Å². The molecule has 6 nitrogen and oxygen atoms in total. The Morgan fingerprint density at radius 2 is 1.92 bits per heavy atom. The number of hydrogen-bond acceptors (Lipinski definition) is 4. The van der Waals surface area contributed by atoms with Gasteiger partial charge in [-0.1, -0.05) is 13.0 Å². The van der Waals surface area contributed by atoms with Crippen LogP contribution < -0.4 is 15.4 Å². The van der Waals surface area contributed by atoms with Crippen molar-refractivity contribution in [3.8, 4) is 0 Å². The third-order valence-electron chi connectivity index (χ3n) is 4.12. The molecule has 1 aromatic rings. The first-order valence-electron chi connectivity index (χ1n) is 8.16. The van der Waals surface area contributed by atoms with E-state index in [0.717, 1.165) is 13.1 Å². The SMILES string of the molecule is Cc1ccc(NC(=O)C(C)C2CNC2)cc1S(=O)(=O)NC(C)(C)C. The van der Waals surface area contributed by atoms with Crippen LogP contribution >= 0.6 is 0 Å². The van der Waals surface area contributed by atoms with Crippen LogP contribution in [0.25, 0.3) is 0 Å². The highest BCUT2D eigenvalue weighted by atomic mass is 32.2. The van der Waals surface area contributed by atoms with E-state index in [1.165, 1.54) is 6.07 Å². The summed E-state index contributed by atoms with van der Waals surface area (Å²) < 4.78 is 27.8. The zero-order valence-electron chi connectivity index (χ0n) is 14.9. The van der Waals surface area contributed by atoms with Gasteiger partial charge in [0.2, 0.25) is 15.9 Å². The van der Waals surface area contributed by atoms with E-state index in [4.69, 9.17) is 0 Å². The molecule has 1 aliphatic heterocycles. The summed E-state index contributed by atoms with van der Waals surface area (Å²) in [5.74, 6) is 0.138. The van der Waals surface area contributed by atoms with Gasteiger partial charge in [0.15, 0.2) is 0 Å². The normalized spacial score (nSPS) is 17.2. The minimum Gasteiger partial charge on any atom is -0.326 e. The third-order valence-corrected chi connectivity index (χ3v) is 6.02. The van der Waals surface area contributed by atoms with E-state index in [-0.39, 0.29) is 16.7 Å². The molecule has 1 amide bonds. The quantitative estimate of drug-likeness (QED) is 0.754. The molecule has 0 spiro atoms. The lowest BCUT2D eigenvalue weighted by Gasteiger charge is -2.31. The van der Waals surface area contributed by atoms with E-state index in [1.54, 1.807) is 39.8 Å². The fourth-order valence-corrected chi connectivity index (χ4v) is 4.25. The van der Waals surface area contributed by atoms with Gasteiger partial charge >= 0.3 is 0 Å². The molecule has 134 valence electrons. The molecule has 0 aromatic heterocycles. The van der Waals surface area contributed by atoms with E-state index >= 15 is 0 Å². The predicted octanol–water partition coefficient (Wildman–Crippen LogP) is 1.87. The van der Waals surface area contributed by atoms with E-state index in [2.05, 4.69) is 15.4 Å². The van der Waals surface area contributed by atoms with Crippen molar-refractivity contribution >= 4 is 21.6 Å². The minimum atomic E-state index is -3.65. The Hall–Kier alpha value is -1.44. The molecular weight excluding hydrogens is 326 g/mol. The van der Waals surface area contributed by atoms with E-state index in [9.17, 15) is 13.2 Å². The Labute approximate surface area is 144 Å². The van der Waals surface area contributed by atoms with Gasteiger partial charge in [-0.25, -0.2) is 13.1 Å². The molecule has 1 unspecified atom stereocenters. The van der Waals surface area contributed by atoms with Gasteiger partial charge in [0, 0.05) is 17.1 Å². The molecule has 1 aromatic carbocycles. The summed E-state index contributed by atoms with van der Waals surface area (Å²) in [6.07, 6.45) is 0. The van der Waals surface area contributed by atoms with Crippen LogP contribution in [0.4, 0.5) is 5.69 Å². The lowest BCUT2D eigenvalue weighted by molar-refractivity contribution is -0.121. The van der Waals surface area contributed by atoms with Gasteiger partial charge in [-0.2, -0.15) is 0 Å². The van der Waals surface area contributed by atoms with Crippen LogP contribution in [0.3, 0.4) is 0 Å². The van der Waals surface area contributed by atoms with Crippen molar-refractivity contribution in [2.24, 2.45) is 11.8 Å². The average molecular weight is 353 g/mol. The van der Waals surface area contributed by atoms with Gasteiger partial charge in [-0.05, 0) is 64.4 Å². The van der Waals surface area contributed by atoms with Crippen LogP contribution in [-0.2, 0) is 14.8 Å². The Morgan fingerprint density at radius 1 is 1.29 bits per heavy atom. The maximum atomic E-state index is 12.6. The predicted molar refractivity (Wildman–Crippen MR) is 95.4 cm³/mol. The zero-order valence-corrected chi connectivity index (χ0v) is 15.8. The molecule has 7 heteroatoms. The summed E-state index contributed by atoms with van der Waals surface area (Å²) in [6, 6.07) is 4.96. The van der Waals surface area contributed by atoms with Crippen molar-refractivity contribution in [2.75, 3.05) is 18.4 Å². The topological polar surface area (TPSA) is 87.3 Å². The summed E-state index contributed by atoms with van der Waals surface area (Å²) in [7, 11) is -3.65. The number of anilines is 1. The zero-order chi connectivity index (χ0) is 18.1. The van der Waals surface area contributed by atoms with Crippen LogP contribution in [0.2, 0.25) is 0 Å². The van der Waals surface area contributed by atoms with Crippen molar-refractivity contribution < 1.29 is 13.2 Å². The smallest absolute Gasteiger partial charge is 0.241 e. The molecule has 0 saturated carbocycles. The lowest BCUT2D eigenvalue weighted by atomic mass is 9.88. The minimum absolute atomic E-state index is 0.0857. The first-order chi connectivity index (χ1) is 11.0. The molecular formula is C17H27N3O3S. The molecule has 0 aliphatic carbocycles. The lowest BCUT2D eigenvalue weighted by Crippen LogP contribution is -2.48. The molecule has 24 heavy (non-hydrogen) atoms. The summed E-state index contributed by atoms with van der Waals surface area (Å²) in [4.78, 5) is 12.5. The Kier molecular flexibility index (Phi) is 5.37. The van der Waals surface area contributed by atoms with Crippen molar-refractivity contribution in [3.05, 3.63) is 23.8 Å². The molecule has 1 atom stereocenters. The maximum absolute atomic E-state index is 12.6. The first-order valence-corrected chi connectivity index (χ1v) is 9.64. The van der Waals surface area contributed by atoms with Crippen molar-refractivity contribution in [2.45, 2.75) is 45.1 Å². The van der Waals surface area contributed by atoms with Gasteiger partial charge in [-0.3, -0.25) is 4.79 Å². The van der Waals surface area contributed by atoms with Crippen LogP contribution in [0.5, 0.6) is 0 Å². The van der Waals surface area contributed by atoms with Gasteiger partial charge < -0.3 is 10.6 Å². The summed E-state index contributed by atoms with van der Waals surface area (Å²) in [5.41, 5.74) is 0.566. The van der Waals surface area contributed by atoms with Gasteiger partial charge in [0.05, 0.1) is 4.90 Å². The van der Waals surface area contributed by atoms with Crippen LogP contribution in [0.15, 0.2) is 23.1 Å². The molecule has 1 saturated heterocycles. The van der Waals surface area contributed by atoms with E-state index in [1.807, 2.05) is 6.92 Å². The number of benzene rings is 1. The number of rotatable bonds is 5. The Balaban J connectivity index is 2.20. The number of amides is 1. The highest BCUT2D eigenvalue weighted by molar-refractivity contribution is 7.89. The second-order valence-corrected chi connectivity index (χ2v) is 9.18. The van der Waals surface area contributed by atoms with Gasteiger partial charge in [0.25, 0.3) is 0 Å².